The molecule has 0 radical (unpaired) electrons. The highest BCUT2D eigenvalue weighted by Gasteiger charge is 2.31. The standard InChI is InChI=1S/C22H25ClN2O4S/c1-15-7-17(14-29-20-3-5-21(6-4-20)30(2,27)28)12-25(15)13-22(26)18-8-16(11-24)9-19(23)10-18/h3-6,8-10,15,17,22,26H,7,12-14H2,1-2H3/t15-,17+,22-/m1/s1. The van der Waals surface area contributed by atoms with Gasteiger partial charge >= 0.3 is 0 Å². The van der Waals surface area contributed by atoms with Crippen LogP contribution in [0.1, 0.15) is 30.6 Å². The predicted octanol–water partition coefficient (Wildman–Crippen LogP) is 3.44. The zero-order chi connectivity index (χ0) is 21.9. The summed E-state index contributed by atoms with van der Waals surface area (Å²) in [5, 5.41) is 20.2. The Kier molecular flexibility index (Phi) is 7.04. The van der Waals surface area contributed by atoms with Gasteiger partial charge in [-0.1, -0.05) is 11.6 Å². The normalized spacial score (nSPS) is 20.6. The van der Waals surface area contributed by atoms with Crippen LogP contribution in [-0.2, 0) is 9.84 Å². The quantitative estimate of drug-likeness (QED) is 0.697. The molecule has 2 aromatic carbocycles. The molecule has 1 heterocycles. The average molecular weight is 449 g/mol. The first-order valence-electron chi connectivity index (χ1n) is 9.71. The van der Waals surface area contributed by atoms with Gasteiger partial charge in [-0.3, -0.25) is 4.90 Å². The molecule has 1 N–H and O–H groups in total. The molecular formula is C22H25ClN2O4S. The number of rotatable bonds is 7. The van der Waals surface area contributed by atoms with Gasteiger partial charge in [-0.05, 0) is 61.4 Å². The van der Waals surface area contributed by atoms with Crippen LogP contribution in [0.2, 0.25) is 5.02 Å². The van der Waals surface area contributed by atoms with Crippen molar-refractivity contribution in [2.45, 2.75) is 30.4 Å². The van der Waals surface area contributed by atoms with Crippen molar-refractivity contribution >= 4 is 21.4 Å². The van der Waals surface area contributed by atoms with E-state index in [4.69, 9.17) is 21.6 Å². The molecule has 8 heteroatoms. The Morgan fingerprint density at radius 2 is 2.00 bits per heavy atom. The fourth-order valence-electron chi connectivity index (χ4n) is 3.79. The van der Waals surface area contributed by atoms with E-state index in [2.05, 4.69) is 17.9 Å². The largest absolute Gasteiger partial charge is 0.493 e. The lowest BCUT2D eigenvalue weighted by Crippen LogP contribution is -2.32. The van der Waals surface area contributed by atoms with Gasteiger partial charge in [-0.15, -0.1) is 0 Å². The maximum atomic E-state index is 11.5. The lowest BCUT2D eigenvalue weighted by atomic mass is 10.1. The Morgan fingerprint density at radius 3 is 2.63 bits per heavy atom. The maximum Gasteiger partial charge on any atom is 0.175 e. The molecule has 1 aliphatic heterocycles. The molecule has 0 aromatic heterocycles. The molecule has 30 heavy (non-hydrogen) atoms. The molecular weight excluding hydrogens is 424 g/mol. The molecule has 0 unspecified atom stereocenters. The summed E-state index contributed by atoms with van der Waals surface area (Å²) in [5.74, 6) is 0.937. The van der Waals surface area contributed by atoms with Crippen LogP contribution in [0, 0.1) is 17.2 Å². The van der Waals surface area contributed by atoms with Crippen molar-refractivity contribution in [2.75, 3.05) is 26.0 Å². The number of nitrogens with zero attached hydrogens (tertiary/aromatic N) is 2. The Hall–Kier alpha value is -2.11. The van der Waals surface area contributed by atoms with E-state index in [0.29, 0.717) is 41.0 Å². The number of nitriles is 1. The van der Waals surface area contributed by atoms with E-state index in [9.17, 15) is 13.5 Å². The number of aliphatic hydroxyl groups excluding tert-OH is 1. The summed E-state index contributed by atoms with van der Waals surface area (Å²) in [6, 6.07) is 13.7. The molecule has 6 nitrogen and oxygen atoms in total. The van der Waals surface area contributed by atoms with Gasteiger partial charge in [0.05, 0.1) is 29.2 Å². The number of sulfone groups is 1. The summed E-state index contributed by atoms with van der Waals surface area (Å²) in [6.45, 7) is 3.87. The molecule has 0 amide bonds. The average Bonchev–Trinajstić information content (AvgIpc) is 3.04. The van der Waals surface area contributed by atoms with E-state index in [1.165, 1.54) is 6.26 Å². The minimum atomic E-state index is -3.22. The van der Waals surface area contributed by atoms with Crippen LogP contribution in [0.4, 0.5) is 0 Å². The van der Waals surface area contributed by atoms with Crippen molar-refractivity contribution in [2.24, 2.45) is 5.92 Å². The van der Waals surface area contributed by atoms with Crippen LogP contribution in [0.25, 0.3) is 0 Å². The summed E-state index contributed by atoms with van der Waals surface area (Å²) >= 11 is 6.05. The number of benzene rings is 2. The van der Waals surface area contributed by atoms with E-state index in [1.54, 1.807) is 42.5 Å². The van der Waals surface area contributed by atoms with Crippen LogP contribution in [-0.4, -0.2) is 50.4 Å². The van der Waals surface area contributed by atoms with Crippen molar-refractivity contribution in [3.05, 3.63) is 58.6 Å². The van der Waals surface area contributed by atoms with Crippen LogP contribution in [0.5, 0.6) is 5.75 Å². The number of halogens is 1. The van der Waals surface area contributed by atoms with Gasteiger partial charge in [0, 0.05) is 36.3 Å². The number of likely N-dealkylation sites (tertiary alicyclic amines) is 1. The van der Waals surface area contributed by atoms with E-state index < -0.39 is 15.9 Å². The molecule has 1 fully saturated rings. The second kappa shape index (κ2) is 9.36. The van der Waals surface area contributed by atoms with Gasteiger partial charge < -0.3 is 9.84 Å². The highest BCUT2D eigenvalue weighted by Crippen LogP contribution is 2.28. The maximum absolute atomic E-state index is 11.5. The topological polar surface area (TPSA) is 90.6 Å². The van der Waals surface area contributed by atoms with Crippen LogP contribution < -0.4 is 4.74 Å². The molecule has 0 spiro atoms. The van der Waals surface area contributed by atoms with Crippen molar-refractivity contribution in [1.82, 2.24) is 4.90 Å². The summed E-state index contributed by atoms with van der Waals surface area (Å²) in [5.41, 5.74) is 1.07. The van der Waals surface area contributed by atoms with Crippen molar-refractivity contribution in [1.29, 1.82) is 5.26 Å². The number of ether oxygens (including phenoxy) is 1. The van der Waals surface area contributed by atoms with Gasteiger partial charge in [-0.2, -0.15) is 5.26 Å². The molecule has 0 bridgehead atoms. The smallest absolute Gasteiger partial charge is 0.175 e. The van der Waals surface area contributed by atoms with Gasteiger partial charge in [-0.25, -0.2) is 8.42 Å². The second-order valence-corrected chi connectivity index (χ2v) is 10.3. The minimum absolute atomic E-state index is 0.269. The second-order valence-electron chi connectivity index (χ2n) is 7.86. The zero-order valence-electron chi connectivity index (χ0n) is 17.0. The monoisotopic (exact) mass is 448 g/mol. The molecule has 160 valence electrons. The summed E-state index contributed by atoms with van der Waals surface area (Å²) in [6.07, 6.45) is 1.38. The Balaban J connectivity index is 1.55. The minimum Gasteiger partial charge on any atom is -0.493 e. The fraction of sp³-hybridized carbons (Fsp3) is 0.409. The molecule has 2 aromatic rings. The number of hydrogen-bond acceptors (Lipinski definition) is 6. The van der Waals surface area contributed by atoms with E-state index >= 15 is 0 Å². The van der Waals surface area contributed by atoms with Crippen molar-refractivity contribution < 1.29 is 18.3 Å². The first-order valence-corrected chi connectivity index (χ1v) is 12.0. The van der Waals surface area contributed by atoms with E-state index in [-0.39, 0.29) is 10.9 Å². The SMILES string of the molecule is C[C@@H]1C[C@H](COc2ccc(S(C)(=O)=O)cc2)CN1C[C@@H](O)c1cc(Cl)cc(C#N)c1. The lowest BCUT2D eigenvalue weighted by molar-refractivity contribution is 0.107. The third-order valence-electron chi connectivity index (χ3n) is 5.37. The third-order valence-corrected chi connectivity index (χ3v) is 6.72. The number of β-amino-alcohol motifs (C(OH)–C–C–N with tert-alkyl or cyclic N) is 1. The van der Waals surface area contributed by atoms with Crippen LogP contribution in [0.15, 0.2) is 47.4 Å². The highest BCUT2D eigenvalue weighted by molar-refractivity contribution is 7.90. The lowest BCUT2D eigenvalue weighted by Gasteiger charge is -2.24. The third kappa shape index (κ3) is 5.73. The summed E-state index contributed by atoms with van der Waals surface area (Å²) in [4.78, 5) is 2.48. The Morgan fingerprint density at radius 1 is 1.30 bits per heavy atom. The first-order chi connectivity index (χ1) is 14.2. The first kappa shape index (κ1) is 22.6. The molecule has 3 atom stereocenters. The van der Waals surface area contributed by atoms with Crippen LogP contribution in [0.3, 0.4) is 0 Å². The van der Waals surface area contributed by atoms with E-state index in [0.717, 1.165) is 13.0 Å². The zero-order valence-corrected chi connectivity index (χ0v) is 18.5. The Bertz CT molecular complexity index is 1030. The molecule has 3 rings (SSSR count). The molecule has 1 saturated heterocycles. The highest BCUT2D eigenvalue weighted by atomic mass is 35.5. The Labute approximate surface area is 182 Å². The molecule has 0 saturated carbocycles. The molecule has 0 aliphatic carbocycles. The fourth-order valence-corrected chi connectivity index (χ4v) is 4.66. The van der Waals surface area contributed by atoms with Gasteiger partial charge in [0.25, 0.3) is 0 Å². The number of hydrogen-bond donors (Lipinski definition) is 1. The van der Waals surface area contributed by atoms with Gasteiger partial charge in [0.1, 0.15) is 5.75 Å². The van der Waals surface area contributed by atoms with Gasteiger partial charge in [0.15, 0.2) is 9.84 Å². The van der Waals surface area contributed by atoms with E-state index in [1.807, 2.05) is 0 Å². The predicted molar refractivity (Wildman–Crippen MR) is 115 cm³/mol. The number of aliphatic hydroxyl groups is 1. The van der Waals surface area contributed by atoms with Crippen molar-refractivity contribution in [3.8, 4) is 11.8 Å². The van der Waals surface area contributed by atoms with Crippen LogP contribution >= 0.6 is 11.6 Å². The van der Waals surface area contributed by atoms with Crippen molar-refractivity contribution in [3.63, 3.8) is 0 Å². The summed E-state index contributed by atoms with van der Waals surface area (Å²) in [7, 11) is -3.22. The van der Waals surface area contributed by atoms with Gasteiger partial charge in [0.2, 0.25) is 0 Å². The molecule has 1 aliphatic rings. The summed E-state index contributed by atoms with van der Waals surface area (Å²) < 4.78 is 28.9.